The van der Waals surface area contributed by atoms with Crippen LogP contribution < -0.4 is 0 Å². The third-order valence-corrected chi connectivity index (χ3v) is 6.49. The van der Waals surface area contributed by atoms with E-state index in [0.717, 1.165) is 17.8 Å². The molecule has 4 saturated carbocycles. The predicted octanol–water partition coefficient (Wildman–Crippen LogP) is 4.27. The van der Waals surface area contributed by atoms with Gasteiger partial charge in [0.2, 0.25) is 0 Å². The minimum atomic E-state index is 0. The Morgan fingerprint density at radius 3 is 2.25 bits per heavy atom. The van der Waals surface area contributed by atoms with Gasteiger partial charge in [0.15, 0.2) is 0 Å². The molecule has 1 aliphatic heterocycles. The van der Waals surface area contributed by atoms with Crippen molar-refractivity contribution in [3.8, 4) is 0 Å². The molecule has 4 fully saturated rings. The van der Waals surface area contributed by atoms with Crippen LogP contribution in [0.4, 0.5) is 0 Å². The van der Waals surface area contributed by atoms with Crippen molar-refractivity contribution < 1.29 is 0 Å². The molecule has 0 spiro atoms. The molecule has 1 aromatic heterocycles. The Hall–Kier alpha value is -0.310. The monoisotopic (exact) mass is 336 g/mol. The minimum Gasteiger partial charge on any atom is -0.335 e. The molecule has 1 aromatic rings. The van der Waals surface area contributed by atoms with Crippen molar-refractivity contribution in [3.05, 3.63) is 17.7 Å². The summed E-state index contributed by atoms with van der Waals surface area (Å²) >= 11 is 0. The van der Waals surface area contributed by atoms with Gasteiger partial charge in [0, 0.05) is 24.6 Å². The standard InChI is InChI=1S/C17H24N2.BrH/c1-2-4-19-11-15(18-16(19)3-1)17-8-12-5-13(9-17)7-14(6-12)10-17;/h11-14H,1-10H2;1H. The van der Waals surface area contributed by atoms with Crippen LogP contribution in [0, 0.1) is 17.8 Å². The molecule has 0 aromatic carbocycles. The summed E-state index contributed by atoms with van der Waals surface area (Å²) in [4.78, 5) is 5.10. The van der Waals surface area contributed by atoms with Crippen LogP contribution in [0.15, 0.2) is 6.20 Å². The summed E-state index contributed by atoms with van der Waals surface area (Å²) < 4.78 is 2.47. The molecular formula is C17H25BrN2. The molecule has 2 nitrogen and oxygen atoms in total. The van der Waals surface area contributed by atoms with Gasteiger partial charge in [-0.1, -0.05) is 0 Å². The van der Waals surface area contributed by atoms with Gasteiger partial charge in [-0.25, -0.2) is 4.98 Å². The highest BCUT2D eigenvalue weighted by Gasteiger charge is 2.52. The van der Waals surface area contributed by atoms with Crippen molar-refractivity contribution in [2.24, 2.45) is 17.8 Å². The SMILES string of the molecule is Br.c1c(C23CC4CC(CC(C4)C2)C3)nc2n1CCCC2. The summed E-state index contributed by atoms with van der Waals surface area (Å²) in [6.45, 7) is 1.22. The fraction of sp³-hybridized carbons (Fsp3) is 0.824. The van der Waals surface area contributed by atoms with Crippen LogP contribution in [0.2, 0.25) is 0 Å². The van der Waals surface area contributed by atoms with E-state index in [0.29, 0.717) is 5.41 Å². The summed E-state index contributed by atoms with van der Waals surface area (Å²) in [7, 11) is 0. The molecule has 5 aliphatic rings. The average Bonchev–Trinajstić information content (AvgIpc) is 2.81. The molecule has 110 valence electrons. The Morgan fingerprint density at radius 2 is 1.65 bits per heavy atom. The van der Waals surface area contributed by atoms with Gasteiger partial charge in [0.05, 0.1) is 5.69 Å². The van der Waals surface area contributed by atoms with Gasteiger partial charge in [-0.15, -0.1) is 17.0 Å². The summed E-state index contributed by atoms with van der Waals surface area (Å²) in [5.74, 6) is 4.48. The topological polar surface area (TPSA) is 17.8 Å². The highest BCUT2D eigenvalue weighted by atomic mass is 79.9. The zero-order valence-corrected chi connectivity index (χ0v) is 13.9. The maximum absolute atomic E-state index is 5.10. The van der Waals surface area contributed by atoms with Crippen molar-refractivity contribution in [1.29, 1.82) is 0 Å². The number of hydrogen-bond acceptors (Lipinski definition) is 1. The van der Waals surface area contributed by atoms with Gasteiger partial charge in [-0.05, 0) is 69.1 Å². The van der Waals surface area contributed by atoms with Crippen LogP contribution in [0.3, 0.4) is 0 Å². The fourth-order valence-electron chi connectivity index (χ4n) is 6.09. The third kappa shape index (κ3) is 1.84. The number of fused-ring (bicyclic) bond motifs is 1. The van der Waals surface area contributed by atoms with Crippen LogP contribution in [0.1, 0.15) is 62.9 Å². The maximum Gasteiger partial charge on any atom is 0.108 e. The predicted molar refractivity (Wildman–Crippen MR) is 85.3 cm³/mol. The Kier molecular flexibility index (Phi) is 3.07. The lowest BCUT2D eigenvalue weighted by molar-refractivity contribution is -0.00709. The molecule has 0 amide bonds. The maximum atomic E-state index is 5.10. The molecule has 0 N–H and O–H groups in total. The van der Waals surface area contributed by atoms with Crippen LogP contribution >= 0.6 is 17.0 Å². The van der Waals surface area contributed by atoms with E-state index in [1.807, 2.05) is 0 Å². The van der Waals surface area contributed by atoms with E-state index >= 15 is 0 Å². The first-order valence-corrected chi connectivity index (χ1v) is 8.37. The molecule has 0 unspecified atom stereocenters. The molecule has 4 bridgehead atoms. The molecule has 0 atom stereocenters. The first kappa shape index (κ1) is 13.4. The van der Waals surface area contributed by atoms with Crippen LogP contribution in [-0.4, -0.2) is 9.55 Å². The first-order valence-electron chi connectivity index (χ1n) is 8.37. The molecule has 0 radical (unpaired) electrons. The van der Waals surface area contributed by atoms with E-state index < -0.39 is 0 Å². The lowest BCUT2D eigenvalue weighted by Crippen LogP contribution is -2.48. The minimum absolute atomic E-state index is 0. The van der Waals surface area contributed by atoms with Crippen molar-refractivity contribution in [2.75, 3.05) is 0 Å². The fourth-order valence-corrected chi connectivity index (χ4v) is 6.09. The summed E-state index contributed by atoms with van der Waals surface area (Å²) in [5.41, 5.74) is 1.99. The highest BCUT2D eigenvalue weighted by Crippen LogP contribution is 2.60. The van der Waals surface area contributed by atoms with Gasteiger partial charge >= 0.3 is 0 Å². The lowest BCUT2D eigenvalue weighted by atomic mass is 9.49. The number of nitrogens with zero attached hydrogens (tertiary/aromatic N) is 2. The van der Waals surface area contributed by atoms with Gasteiger partial charge in [-0.2, -0.15) is 0 Å². The summed E-state index contributed by atoms with van der Waals surface area (Å²) in [6, 6.07) is 0. The average molecular weight is 337 g/mol. The number of aromatic nitrogens is 2. The van der Waals surface area contributed by atoms with E-state index in [-0.39, 0.29) is 17.0 Å². The lowest BCUT2D eigenvalue weighted by Gasteiger charge is -2.56. The van der Waals surface area contributed by atoms with Crippen LogP contribution in [0.25, 0.3) is 0 Å². The smallest absolute Gasteiger partial charge is 0.108 e. The molecular weight excluding hydrogens is 312 g/mol. The number of aryl methyl sites for hydroxylation is 2. The Labute approximate surface area is 132 Å². The Morgan fingerprint density at radius 1 is 1.00 bits per heavy atom. The normalized spacial score (nSPS) is 41.3. The van der Waals surface area contributed by atoms with Gasteiger partial charge < -0.3 is 4.57 Å². The molecule has 0 saturated heterocycles. The van der Waals surface area contributed by atoms with E-state index in [1.54, 1.807) is 0 Å². The Bertz CT molecular complexity index is 460. The van der Waals surface area contributed by atoms with Gasteiger partial charge in [0.1, 0.15) is 5.82 Å². The molecule has 2 heterocycles. The third-order valence-electron chi connectivity index (χ3n) is 6.49. The van der Waals surface area contributed by atoms with Crippen LogP contribution in [-0.2, 0) is 18.4 Å². The molecule has 6 rings (SSSR count). The van der Waals surface area contributed by atoms with E-state index in [1.165, 1.54) is 75.9 Å². The largest absolute Gasteiger partial charge is 0.335 e. The number of hydrogen-bond donors (Lipinski definition) is 0. The quantitative estimate of drug-likeness (QED) is 0.748. The number of halogens is 1. The number of rotatable bonds is 1. The second-order valence-corrected chi connectivity index (χ2v) is 7.89. The second kappa shape index (κ2) is 4.59. The van der Waals surface area contributed by atoms with E-state index in [9.17, 15) is 0 Å². The zero-order chi connectivity index (χ0) is 12.4. The Balaban J connectivity index is 0.00000106. The van der Waals surface area contributed by atoms with Crippen molar-refractivity contribution in [2.45, 2.75) is 69.7 Å². The summed E-state index contributed by atoms with van der Waals surface area (Å²) in [6.07, 6.45) is 15.3. The molecule has 4 aliphatic carbocycles. The van der Waals surface area contributed by atoms with E-state index in [4.69, 9.17) is 4.98 Å². The zero-order valence-electron chi connectivity index (χ0n) is 12.2. The van der Waals surface area contributed by atoms with Gasteiger partial charge in [0.25, 0.3) is 0 Å². The van der Waals surface area contributed by atoms with E-state index in [2.05, 4.69) is 10.8 Å². The summed E-state index contributed by atoms with van der Waals surface area (Å²) in [5, 5.41) is 0. The van der Waals surface area contributed by atoms with Crippen molar-refractivity contribution >= 4 is 17.0 Å². The second-order valence-electron chi connectivity index (χ2n) is 7.89. The van der Waals surface area contributed by atoms with Gasteiger partial charge in [-0.3, -0.25) is 0 Å². The molecule has 20 heavy (non-hydrogen) atoms. The molecule has 3 heteroatoms. The van der Waals surface area contributed by atoms with Crippen molar-refractivity contribution in [3.63, 3.8) is 0 Å². The number of imidazole rings is 1. The first-order chi connectivity index (χ1) is 9.31. The van der Waals surface area contributed by atoms with Crippen LogP contribution in [0.5, 0.6) is 0 Å². The highest BCUT2D eigenvalue weighted by molar-refractivity contribution is 8.93. The van der Waals surface area contributed by atoms with Crippen molar-refractivity contribution in [1.82, 2.24) is 9.55 Å².